The summed E-state index contributed by atoms with van der Waals surface area (Å²) in [4.78, 5) is 13.5. The standard InChI is InChI=1S/C33H20ClN3O/c34-33-36-31(22-10-5-2-6-11-22)35-32(37-33)26-15-17-30-28(20-26)27-19-25(14-16-29(27)38-30)24-13-7-12-23(18-24)21-8-3-1-4-9-21/h1-20H. The van der Waals surface area contributed by atoms with Crippen molar-refractivity contribution in [2.24, 2.45) is 0 Å². The highest BCUT2D eigenvalue weighted by atomic mass is 35.5. The van der Waals surface area contributed by atoms with Gasteiger partial charge in [0.05, 0.1) is 0 Å². The lowest BCUT2D eigenvalue weighted by Gasteiger charge is -2.07. The second-order valence-electron chi connectivity index (χ2n) is 9.09. The third kappa shape index (κ3) is 4.11. The first-order valence-corrected chi connectivity index (χ1v) is 12.7. The van der Waals surface area contributed by atoms with Gasteiger partial charge >= 0.3 is 0 Å². The van der Waals surface area contributed by atoms with Crippen molar-refractivity contribution < 1.29 is 4.42 Å². The van der Waals surface area contributed by atoms with E-state index in [1.807, 2.05) is 54.6 Å². The van der Waals surface area contributed by atoms with Crippen molar-refractivity contribution in [3.63, 3.8) is 0 Å². The second-order valence-corrected chi connectivity index (χ2v) is 9.43. The SMILES string of the molecule is Clc1nc(-c2ccccc2)nc(-c2ccc3oc4ccc(-c5cccc(-c6ccccc6)c5)cc4c3c2)n1. The van der Waals surface area contributed by atoms with Crippen LogP contribution in [-0.2, 0) is 0 Å². The summed E-state index contributed by atoms with van der Waals surface area (Å²) < 4.78 is 6.16. The molecule has 0 fully saturated rings. The van der Waals surface area contributed by atoms with Crippen molar-refractivity contribution in [1.82, 2.24) is 15.0 Å². The molecule has 0 saturated carbocycles. The van der Waals surface area contributed by atoms with Gasteiger partial charge in [-0.1, -0.05) is 84.9 Å². The van der Waals surface area contributed by atoms with Gasteiger partial charge in [-0.15, -0.1) is 0 Å². The van der Waals surface area contributed by atoms with Crippen LogP contribution in [0.1, 0.15) is 0 Å². The molecular formula is C33H20ClN3O. The fourth-order valence-electron chi connectivity index (χ4n) is 4.80. The van der Waals surface area contributed by atoms with Crippen LogP contribution in [0.25, 0.3) is 67.0 Å². The summed E-state index contributed by atoms with van der Waals surface area (Å²) in [5.41, 5.74) is 8.02. The number of fused-ring (bicyclic) bond motifs is 3. The van der Waals surface area contributed by atoms with Crippen molar-refractivity contribution in [2.45, 2.75) is 0 Å². The van der Waals surface area contributed by atoms with Gasteiger partial charge in [0.15, 0.2) is 11.6 Å². The first-order chi connectivity index (χ1) is 18.7. The number of hydrogen-bond acceptors (Lipinski definition) is 4. The normalized spacial score (nSPS) is 11.3. The number of furan rings is 1. The minimum absolute atomic E-state index is 0.159. The molecular weight excluding hydrogens is 490 g/mol. The molecule has 0 saturated heterocycles. The predicted molar refractivity (Wildman–Crippen MR) is 154 cm³/mol. The van der Waals surface area contributed by atoms with E-state index >= 15 is 0 Å². The Morgan fingerprint density at radius 1 is 0.421 bits per heavy atom. The minimum atomic E-state index is 0.159. The summed E-state index contributed by atoms with van der Waals surface area (Å²) >= 11 is 6.31. The summed E-state index contributed by atoms with van der Waals surface area (Å²) in [6.45, 7) is 0. The summed E-state index contributed by atoms with van der Waals surface area (Å²) in [5, 5.41) is 2.19. The molecule has 0 aliphatic carbocycles. The van der Waals surface area contributed by atoms with Gasteiger partial charge in [-0.2, -0.15) is 9.97 Å². The average Bonchev–Trinajstić information content (AvgIpc) is 3.35. The van der Waals surface area contributed by atoms with Crippen LogP contribution < -0.4 is 0 Å². The van der Waals surface area contributed by atoms with Gasteiger partial charge in [-0.25, -0.2) is 4.98 Å². The Bertz CT molecular complexity index is 1930. The molecule has 0 aliphatic rings. The molecule has 5 aromatic carbocycles. The highest BCUT2D eigenvalue weighted by molar-refractivity contribution is 6.28. The zero-order chi connectivity index (χ0) is 25.5. The van der Waals surface area contributed by atoms with Gasteiger partial charge in [0, 0.05) is 21.9 Å². The van der Waals surface area contributed by atoms with Gasteiger partial charge in [-0.05, 0) is 70.3 Å². The van der Waals surface area contributed by atoms with Crippen LogP contribution in [-0.4, -0.2) is 15.0 Å². The van der Waals surface area contributed by atoms with Gasteiger partial charge < -0.3 is 4.42 Å². The van der Waals surface area contributed by atoms with Crippen LogP contribution in [0.3, 0.4) is 0 Å². The van der Waals surface area contributed by atoms with Crippen molar-refractivity contribution in [1.29, 1.82) is 0 Å². The quantitative estimate of drug-likeness (QED) is 0.237. The maximum absolute atomic E-state index is 6.31. The van der Waals surface area contributed by atoms with Gasteiger partial charge in [0.2, 0.25) is 5.28 Å². The first-order valence-electron chi connectivity index (χ1n) is 12.3. The van der Waals surface area contributed by atoms with Crippen molar-refractivity contribution in [3.05, 3.63) is 127 Å². The van der Waals surface area contributed by atoms with E-state index in [2.05, 4.69) is 76.7 Å². The zero-order valence-corrected chi connectivity index (χ0v) is 20.9. The maximum Gasteiger partial charge on any atom is 0.226 e. The Morgan fingerprint density at radius 3 is 1.61 bits per heavy atom. The lowest BCUT2D eigenvalue weighted by atomic mass is 9.98. The van der Waals surface area contributed by atoms with E-state index in [0.717, 1.165) is 44.2 Å². The maximum atomic E-state index is 6.31. The predicted octanol–water partition coefficient (Wildman–Crippen LogP) is 9.09. The Hall–Kier alpha value is -4.80. The van der Waals surface area contributed by atoms with E-state index < -0.39 is 0 Å². The molecule has 7 rings (SSSR count). The highest BCUT2D eigenvalue weighted by Crippen LogP contribution is 2.35. The molecule has 0 bridgehead atoms. The number of hydrogen-bond donors (Lipinski definition) is 0. The molecule has 7 aromatic rings. The van der Waals surface area contributed by atoms with E-state index in [1.54, 1.807) is 0 Å². The summed E-state index contributed by atoms with van der Waals surface area (Å²) in [6, 6.07) is 41.1. The molecule has 2 aromatic heterocycles. The fourth-order valence-corrected chi connectivity index (χ4v) is 4.96. The van der Waals surface area contributed by atoms with E-state index in [-0.39, 0.29) is 5.28 Å². The zero-order valence-electron chi connectivity index (χ0n) is 20.2. The number of rotatable bonds is 4. The fraction of sp³-hybridized carbons (Fsp3) is 0. The van der Waals surface area contributed by atoms with Gasteiger partial charge in [0.25, 0.3) is 0 Å². The number of aromatic nitrogens is 3. The smallest absolute Gasteiger partial charge is 0.226 e. The molecule has 0 spiro atoms. The van der Waals surface area contributed by atoms with E-state index in [0.29, 0.717) is 11.6 Å². The van der Waals surface area contributed by atoms with Crippen molar-refractivity contribution in [2.75, 3.05) is 0 Å². The molecule has 5 heteroatoms. The molecule has 4 nitrogen and oxygen atoms in total. The Morgan fingerprint density at radius 2 is 0.921 bits per heavy atom. The number of nitrogens with zero attached hydrogens (tertiary/aromatic N) is 3. The van der Waals surface area contributed by atoms with Crippen molar-refractivity contribution in [3.8, 4) is 45.0 Å². The van der Waals surface area contributed by atoms with Crippen LogP contribution in [0.2, 0.25) is 5.28 Å². The molecule has 0 N–H and O–H groups in total. The largest absolute Gasteiger partial charge is 0.456 e. The van der Waals surface area contributed by atoms with Gasteiger partial charge in [0.1, 0.15) is 11.2 Å². The number of halogens is 1. The van der Waals surface area contributed by atoms with Crippen LogP contribution in [0, 0.1) is 0 Å². The van der Waals surface area contributed by atoms with E-state index in [9.17, 15) is 0 Å². The first kappa shape index (κ1) is 22.4. The molecule has 0 unspecified atom stereocenters. The van der Waals surface area contributed by atoms with E-state index in [4.69, 9.17) is 21.0 Å². The third-order valence-electron chi connectivity index (χ3n) is 6.67. The average molecular weight is 510 g/mol. The topological polar surface area (TPSA) is 51.8 Å². The highest BCUT2D eigenvalue weighted by Gasteiger charge is 2.14. The molecule has 0 atom stereocenters. The molecule has 38 heavy (non-hydrogen) atoms. The Labute approximate surface area is 224 Å². The molecule has 0 amide bonds. The summed E-state index contributed by atoms with van der Waals surface area (Å²) in [6.07, 6.45) is 0. The lowest BCUT2D eigenvalue weighted by Crippen LogP contribution is -1.97. The molecule has 2 heterocycles. The second kappa shape index (κ2) is 9.25. The third-order valence-corrected chi connectivity index (χ3v) is 6.84. The van der Waals surface area contributed by atoms with E-state index in [1.165, 1.54) is 11.1 Å². The van der Waals surface area contributed by atoms with Crippen LogP contribution in [0.15, 0.2) is 126 Å². The van der Waals surface area contributed by atoms with Crippen LogP contribution >= 0.6 is 11.6 Å². The molecule has 0 aliphatic heterocycles. The summed E-state index contributed by atoms with van der Waals surface area (Å²) in [5.74, 6) is 1.06. The van der Waals surface area contributed by atoms with Crippen LogP contribution in [0.5, 0.6) is 0 Å². The van der Waals surface area contributed by atoms with Gasteiger partial charge in [-0.3, -0.25) is 0 Å². The number of benzene rings is 5. The minimum Gasteiger partial charge on any atom is -0.456 e. The summed E-state index contributed by atoms with van der Waals surface area (Å²) in [7, 11) is 0. The van der Waals surface area contributed by atoms with Crippen molar-refractivity contribution >= 4 is 33.5 Å². The monoisotopic (exact) mass is 509 g/mol. The Balaban J connectivity index is 1.33. The van der Waals surface area contributed by atoms with Crippen LogP contribution in [0.4, 0.5) is 0 Å². The molecule has 180 valence electrons. The molecule has 0 radical (unpaired) electrons. The Kier molecular flexibility index (Phi) is 5.46. The lowest BCUT2D eigenvalue weighted by molar-refractivity contribution is 0.669.